The normalized spacial score (nSPS) is 11.6. The van der Waals surface area contributed by atoms with E-state index in [9.17, 15) is 14.0 Å². The second-order valence-electron chi connectivity index (χ2n) is 5.46. The predicted octanol–water partition coefficient (Wildman–Crippen LogP) is 3.67. The Morgan fingerprint density at radius 1 is 1.08 bits per heavy atom. The summed E-state index contributed by atoms with van der Waals surface area (Å²) in [6.07, 6.45) is 0.159. The van der Waals surface area contributed by atoms with E-state index >= 15 is 0 Å². The Morgan fingerprint density at radius 2 is 1.75 bits per heavy atom. The highest BCUT2D eigenvalue weighted by Crippen LogP contribution is 2.24. The molecular weight excluding hydrogens is 309 g/mol. The summed E-state index contributed by atoms with van der Waals surface area (Å²) in [7, 11) is 1.58. The van der Waals surface area contributed by atoms with Gasteiger partial charge in [-0.15, -0.1) is 0 Å². The molecule has 0 aliphatic heterocycles. The Bertz CT molecular complexity index is 713. The van der Waals surface area contributed by atoms with Gasteiger partial charge in [-0.1, -0.05) is 18.2 Å². The van der Waals surface area contributed by atoms with Gasteiger partial charge in [0.1, 0.15) is 11.6 Å². The fourth-order valence-electron chi connectivity index (χ4n) is 2.42. The summed E-state index contributed by atoms with van der Waals surface area (Å²) in [5, 5.41) is 2.86. The van der Waals surface area contributed by atoms with Gasteiger partial charge in [-0.3, -0.25) is 9.59 Å². The zero-order chi connectivity index (χ0) is 17.5. The molecule has 126 valence electrons. The number of nitrogens with one attached hydrogen (secondary N) is 1. The summed E-state index contributed by atoms with van der Waals surface area (Å²) in [6.45, 7) is 1.86. The first kappa shape index (κ1) is 17.7. The number of ketones is 1. The number of hydrogen-bond donors (Lipinski definition) is 1. The first-order valence-corrected chi connectivity index (χ1v) is 7.72. The lowest BCUT2D eigenvalue weighted by Gasteiger charge is -2.17. The van der Waals surface area contributed by atoms with Crippen LogP contribution < -0.4 is 10.1 Å². The summed E-state index contributed by atoms with van der Waals surface area (Å²) in [6, 6.07) is 12.5. The van der Waals surface area contributed by atoms with Gasteiger partial charge in [0.05, 0.1) is 13.2 Å². The molecule has 1 atom stereocenters. The molecule has 5 heteroatoms. The molecule has 4 nitrogen and oxygen atoms in total. The van der Waals surface area contributed by atoms with Crippen LogP contribution in [0.4, 0.5) is 4.39 Å². The van der Waals surface area contributed by atoms with Crippen molar-refractivity contribution in [1.82, 2.24) is 5.32 Å². The number of amides is 1. The fourth-order valence-corrected chi connectivity index (χ4v) is 2.42. The number of methoxy groups -OCH3 is 1. The Hall–Kier alpha value is -2.69. The molecule has 1 unspecified atom stereocenters. The average molecular weight is 329 g/mol. The van der Waals surface area contributed by atoms with E-state index in [1.807, 2.05) is 31.2 Å². The van der Waals surface area contributed by atoms with Crippen LogP contribution in [0.25, 0.3) is 0 Å². The topological polar surface area (TPSA) is 55.4 Å². The molecule has 1 amide bonds. The quantitative estimate of drug-likeness (QED) is 0.789. The smallest absolute Gasteiger partial charge is 0.220 e. The number of hydrogen-bond acceptors (Lipinski definition) is 3. The van der Waals surface area contributed by atoms with E-state index in [0.29, 0.717) is 11.3 Å². The zero-order valence-corrected chi connectivity index (χ0v) is 13.7. The van der Waals surface area contributed by atoms with E-state index in [-0.39, 0.29) is 30.6 Å². The van der Waals surface area contributed by atoms with Crippen molar-refractivity contribution in [2.75, 3.05) is 7.11 Å². The van der Waals surface area contributed by atoms with Crippen LogP contribution in [0.3, 0.4) is 0 Å². The van der Waals surface area contributed by atoms with Crippen molar-refractivity contribution in [1.29, 1.82) is 0 Å². The fraction of sp³-hybridized carbons (Fsp3) is 0.263. The third kappa shape index (κ3) is 4.65. The Balaban J connectivity index is 1.88. The van der Waals surface area contributed by atoms with E-state index in [1.165, 1.54) is 24.3 Å². The van der Waals surface area contributed by atoms with Crippen molar-refractivity contribution in [2.24, 2.45) is 0 Å². The minimum Gasteiger partial charge on any atom is -0.496 e. The van der Waals surface area contributed by atoms with Gasteiger partial charge >= 0.3 is 0 Å². The zero-order valence-electron chi connectivity index (χ0n) is 13.7. The second kappa shape index (κ2) is 8.24. The molecular formula is C19H20FNO3. The molecule has 0 heterocycles. The Kier molecular flexibility index (Phi) is 6.07. The summed E-state index contributed by atoms with van der Waals surface area (Å²) in [5.41, 5.74) is 1.28. The molecule has 0 radical (unpaired) electrons. The molecule has 1 N–H and O–H groups in total. The highest BCUT2D eigenvalue weighted by molar-refractivity contribution is 5.97. The molecule has 0 fully saturated rings. The molecule has 0 aromatic heterocycles. The van der Waals surface area contributed by atoms with Gasteiger partial charge in [-0.2, -0.15) is 0 Å². The van der Waals surface area contributed by atoms with Crippen molar-refractivity contribution in [3.63, 3.8) is 0 Å². The van der Waals surface area contributed by atoms with Crippen LogP contribution in [-0.2, 0) is 4.79 Å². The van der Waals surface area contributed by atoms with E-state index in [4.69, 9.17) is 4.74 Å². The number of halogens is 1. The standard InChI is InChI=1S/C19H20FNO3/c1-13(16-5-3-4-6-18(16)24-2)21-19(23)12-11-17(22)14-7-9-15(20)10-8-14/h3-10,13H,11-12H2,1-2H3,(H,21,23). The molecule has 0 saturated heterocycles. The maximum atomic E-state index is 12.8. The minimum atomic E-state index is -0.394. The minimum absolute atomic E-state index is 0.0791. The highest BCUT2D eigenvalue weighted by atomic mass is 19.1. The molecule has 0 spiro atoms. The van der Waals surface area contributed by atoms with E-state index in [2.05, 4.69) is 5.32 Å². The number of benzene rings is 2. The molecule has 2 aromatic carbocycles. The lowest BCUT2D eigenvalue weighted by atomic mass is 10.0. The largest absolute Gasteiger partial charge is 0.496 e. The summed E-state index contributed by atoms with van der Waals surface area (Å²) < 4.78 is 18.1. The number of para-hydroxylation sites is 1. The van der Waals surface area contributed by atoms with Crippen LogP contribution in [0.15, 0.2) is 48.5 Å². The molecule has 0 aliphatic carbocycles. The first-order valence-electron chi connectivity index (χ1n) is 7.72. The number of Topliss-reactive ketones (excluding diaryl/α,β-unsaturated/α-hetero) is 1. The second-order valence-corrected chi connectivity index (χ2v) is 5.46. The lowest BCUT2D eigenvalue weighted by Crippen LogP contribution is -2.27. The van der Waals surface area contributed by atoms with Gasteiger partial charge in [0, 0.05) is 24.0 Å². The summed E-state index contributed by atoms with van der Waals surface area (Å²) in [4.78, 5) is 24.0. The van der Waals surface area contributed by atoms with Crippen LogP contribution in [0.1, 0.15) is 41.7 Å². The summed E-state index contributed by atoms with van der Waals surface area (Å²) >= 11 is 0. The molecule has 2 rings (SSSR count). The van der Waals surface area contributed by atoms with E-state index in [1.54, 1.807) is 7.11 Å². The van der Waals surface area contributed by atoms with E-state index < -0.39 is 5.82 Å². The van der Waals surface area contributed by atoms with Gasteiger partial charge < -0.3 is 10.1 Å². The van der Waals surface area contributed by atoms with Crippen LogP contribution in [-0.4, -0.2) is 18.8 Å². The maximum Gasteiger partial charge on any atom is 0.220 e. The number of rotatable bonds is 7. The van der Waals surface area contributed by atoms with Crippen molar-refractivity contribution in [2.45, 2.75) is 25.8 Å². The maximum absolute atomic E-state index is 12.8. The number of carbonyl (C=O) groups excluding carboxylic acids is 2. The molecule has 0 aliphatic rings. The van der Waals surface area contributed by atoms with Gasteiger partial charge in [-0.25, -0.2) is 4.39 Å². The van der Waals surface area contributed by atoms with Crippen LogP contribution in [0.2, 0.25) is 0 Å². The average Bonchev–Trinajstić information content (AvgIpc) is 2.60. The van der Waals surface area contributed by atoms with Crippen molar-refractivity contribution in [3.05, 3.63) is 65.5 Å². The van der Waals surface area contributed by atoms with Gasteiger partial charge in [0.25, 0.3) is 0 Å². The summed E-state index contributed by atoms with van der Waals surface area (Å²) in [5.74, 6) is -0.0958. The van der Waals surface area contributed by atoms with Gasteiger partial charge in [0.2, 0.25) is 5.91 Å². The lowest BCUT2D eigenvalue weighted by molar-refractivity contribution is -0.121. The van der Waals surface area contributed by atoms with Crippen LogP contribution in [0, 0.1) is 5.82 Å². The van der Waals surface area contributed by atoms with Gasteiger partial charge in [0.15, 0.2) is 5.78 Å². The monoisotopic (exact) mass is 329 g/mol. The van der Waals surface area contributed by atoms with Crippen molar-refractivity contribution < 1.29 is 18.7 Å². The van der Waals surface area contributed by atoms with Crippen LogP contribution >= 0.6 is 0 Å². The van der Waals surface area contributed by atoms with Crippen molar-refractivity contribution in [3.8, 4) is 5.75 Å². The van der Waals surface area contributed by atoms with Gasteiger partial charge in [-0.05, 0) is 37.3 Å². The predicted molar refractivity (Wildman–Crippen MR) is 89.5 cm³/mol. The third-order valence-electron chi connectivity index (χ3n) is 3.73. The number of carbonyl (C=O) groups is 2. The molecule has 24 heavy (non-hydrogen) atoms. The Labute approximate surface area is 140 Å². The highest BCUT2D eigenvalue weighted by Gasteiger charge is 2.15. The SMILES string of the molecule is COc1ccccc1C(C)NC(=O)CCC(=O)c1ccc(F)cc1. The molecule has 2 aromatic rings. The Morgan fingerprint density at radius 3 is 2.42 bits per heavy atom. The molecule has 0 saturated carbocycles. The number of ether oxygens (including phenoxy) is 1. The first-order chi connectivity index (χ1) is 11.5. The van der Waals surface area contributed by atoms with Crippen molar-refractivity contribution >= 4 is 11.7 Å². The molecule has 0 bridgehead atoms. The third-order valence-corrected chi connectivity index (χ3v) is 3.73. The van der Waals surface area contributed by atoms with Crippen LogP contribution in [0.5, 0.6) is 5.75 Å². The van der Waals surface area contributed by atoms with E-state index in [0.717, 1.165) is 5.56 Å².